The molecule has 3 heterocycles. The molecule has 25 heavy (non-hydrogen) atoms. The van der Waals surface area contributed by atoms with E-state index in [4.69, 9.17) is 10.2 Å². The van der Waals surface area contributed by atoms with Crippen LogP contribution < -0.4 is 5.32 Å². The molecule has 0 spiro atoms. The molecule has 4 rings (SSSR count). The summed E-state index contributed by atoms with van der Waals surface area (Å²) in [5, 5.41) is 12.4. The van der Waals surface area contributed by atoms with Crippen molar-refractivity contribution in [2.75, 3.05) is 26.2 Å². The standard InChI is InChI=1S/C20H21N5/c21-9-8-16-6-7-19-23-20(17-4-2-1-3-5-17)18(25(19)14-16)15-24-12-10-22-11-13-24/h1-7,14,22H,8,10-13,15H2. The van der Waals surface area contributed by atoms with Crippen LogP contribution in [0.3, 0.4) is 0 Å². The van der Waals surface area contributed by atoms with Crippen LogP contribution in [0.5, 0.6) is 0 Å². The van der Waals surface area contributed by atoms with E-state index in [9.17, 15) is 0 Å². The zero-order valence-electron chi connectivity index (χ0n) is 14.2. The highest BCUT2D eigenvalue weighted by Gasteiger charge is 2.18. The molecule has 0 amide bonds. The number of nitrogens with zero attached hydrogens (tertiary/aromatic N) is 4. The Kier molecular flexibility index (Phi) is 4.47. The van der Waals surface area contributed by atoms with Gasteiger partial charge in [0.1, 0.15) is 5.65 Å². The van der Waals surface area contributed by atoms with E-state index in [1.165, 1.54) is 5.69 Å². The van der Waals surface area contributed by atoms with Gasteiger partial charge in [0, 0.05) is 44.5 Å². The van der Waals surface area contributed by atoms with E-state index in [0.717, 1.165) is 55.2 Å². The molecule has 0 unspecified atom stereocenters. The van der Waals surface area contributed by atoms with E-state index >= 15 is 0 Å². The van der Waals surface area contributed by atoms with Gasteiger partial charge < -0.3 is 9.72 Å². The first kappa shape index (κ1) is 15.8. The van der Waals surface area contributed by atoms with Gasteiger partial charge in [-0.05, 0) is 11.6 Å². The number of hydrogen-bond donors (Lipinski definition) is 1. The van der Waals surface area contributed by atoms with E-state index in [2.05, 4.69) is 51.1 Å². The molecule has 126 valence electrons. The van der Waals surface area contributed by atoms with Crippen LogP contribution in [-0.2, 0) is 13.0 Å². The van der Waals surface area contributed by atoms with Gasteiger partial charge in [0.2, 0.25) is 0 Å². The number of piperazine rings is 1. The molecule has 1 saturated heterocycles. The van der Waals surface area contributed by atoms with Crippen molar-refractivity contribution in [1.29, 1.82) is 5.26 Å². The summed E-state index contributed by atoms with van der Waals surface area (Å²) in [4.78, 5) is 7.35. The molecule has 5 nitrogen and oxygen atoms in total. The van der Waals surface area contributed by atoms with E-state index < -0.39 is 0 Å². The Morgan fingerprint density at radius 1 is 1.08 bits per heavy atom. The van der Waals surface area contributed by atoms with Gasteiger partial charge >= 0.3 is 0 Å². The summed E-state index contributed by atoms with van der Waals surface area (Å²) in [5.41, 5.74) is 5.33. The van der Waals surface area contributed by atoms with Crippen LogP contribution in [0.1, 0.15) is 11.3 Å². The first-order valence-corrected chi connectivity index (χ1v) is 8.70. The second-order valence-electron chi connectivity index (χ2n) is 6.40. The third kappa shape index (κ3) is 3.27. The number of benzene rings is 1. The minimum Gasteiger partial charge on any atom is -0.314 e. The maximum Gasteiger partial charge on any atom is 0.137 e. The van der Waals surface area contributed by atoms with Crippen molar-refractivity contribution in [3.63, 3.8) is 0 Å². The number of pyridine rings is 1. The van der Waals surface area contributed by atoms with Gasteiger partial charge in [-0.3, -0.25) is 4.90 Å². The Morgan fingerprint density at radius 3 is 2.64 bits per heavy atom. The van der Waals surface area contributed by atoms with Crippen molar-refractivity contribution in [3.8, 4) is 17.3 Å². The number of hydrogen-bond acceptors (Lipinski definition) is 4. The smallest absolute Gasteiger partial charge is 0.137 e. The number of rotatable bonds is 4. The van der Waals surface area contributed by atoms with Gasteiger partial charge in [-0.15, -0.1) is 0 Å². The minimum atomic E-state index is 0.419. The molecular formula is C20H21N5. The van der Waals surface area contributed by atoms with Crippen LogP contribution in [-0.4, -0.2) is 40.5 Å². The summed E-state index contributed by atoms with van der Waals surface area (Å²) < 4.78 is 2.16. The second-order valence-corrected chi connectivity index (χ2v) is 6.40. The van der Waals surface area contributed by atoms with E-state index in [1.807, 2.05) is 18.2 Å². The molecule has 3 aromatic rings. The molecule has 0 radical (unpaired) electrons. The van der Waals surface area contributed by atoms with Crippen molar-refractivity contribution in [1.82, 2.24) is 19.6 Å². The molecule has 1 aliphatic heterocycles. The SMILES string of the molecule is N#CCc1ccc2nc(-c3ccccc3)c(CN3CCNCC3)n2c1. The lowest BCUT2D eigenvalue weighted by atomic mass is 10.1. The minimum absolute atomic E-state index is 0.419. The lowest BCUT2D eigenvalue weighted by Crippen LogP contribution is -2.43. The van der Waals surface area contributed by atoms with Crippen LogP contribution in [0.25, 0.3) is 16.9 Å². The number of fused-ring (bicyclic) bond motifs is 1. The highest BCUT2D eigenvalue weighted by molar-refractivity contribution is 5.66. The normalized spacial score (nSPS) is 15.3. The van der Waals surface area contributed by atoms with Crippen LogP contribution >= 0.6 is 0 Å². The Labute approximate surface area is 147 Å². The predicted octanol–water partition coefficient (Wildman–Crippen LogP) is 2.47. The number of nitrogens with one attached hydrogen (secondary N) is 1. The van der Waals surface area contributed by atoms with Gasteiger partial charge in [0.05, 0.1) is 23.9 Å². The average Bonchev–Trinajstić information content (AvgIpc) is 3.02. The summed E-state index contributed by atoms with van der Waals surface area (Å²) in [6.07, 6.45) is 2.48. The topological polar surface area (TPSA) is 56.4 Å². The van der Waals surface area contributed by atoms with Crippen molar-refractivity contribution in [3.05, 3.63) is 59.9 Å². The lowest BCUT2D eigenvalue weighted by molar-refractivity contribution is 0.230. The Hall–Kier alpha value is -2.68. The summed E-state index contributed by atoms with van der Waals surface area (Å²) in [5.74, 6) is 0. The van der Waals surface area contributed by atoms with Gasteiger partial charge in [0.15, 0.2) is 0 Å². The Morgan fingerprint density at radius 2 is 1.88 bits per heavy atom. The summed E-state index contributed by atoms with van der Waals surface area (Å²) in [6.45, 7) is 5.00. The number of nitriles is 1. The fourth-order valence-corrected chi connectivity index (χ4v) is 3.39. The van der Waals surface area contributed by atoms with Gasteiger partial charge in [-0.25, -0.2) is 4.98 Å². The van der Waals surface area contributed by atoms with Gasteiger partial charge in [-0.1, -0.05) is 36.4 Å². The van der Waals surface area contributed by atoms with Crippen molar-refractivity contribution >= 4 is 5.65 Å². The molecule has 0 atom stereocenters. The molecule has 0 bridgehead atoms. The maximum absolute atomic E-state index is 9.02. The molecule has 2 aromatic heterocycles. The molecule has 1 aromatic carbocycles. The molecule has 0 aliphatic carbocycles. The average molecular weight is 331 g/mol. The van der Waals surface area contributed by atoms with E-state index in [0.29, 0.717) is 6.42 Å². The van der Waals surface area contributed by atoms with E-state index in [-0.39, 0.29) is 0 Å². The first-order valence-electron chi connectivity index (χ1n) is 8.70. The van der Waals surface area contributed by atoms with Gasteiger partial charge in [0.25, 0.3) is 0 Å². The zero-order chi connectivity index (χ0) is 17.1. The zero-order valence-corrected chi connectivity index (χ0v) is 14.2. The van der Waals surface area contributed by atoms with Crippen LogP contribution in [0.2, 0.25) is 0 Å². The Bertz CT molecular complexity index is 901. The van der Waals surface area contributed by atoms with Crippen LogP contribution in [0.15, 0.2) is 48.7 Å². The summed E-state index contributed by atoms with van der Waals surface area (Å²) >= 11 is 0. The number of aromatic nitrogens is 2. The summed E-state index contributed by atoms with van der Waals surface area (Å²) in [7, 11) is 0. The monoisotopic (exact) mass is 331 g/mol. The molecular weight excluding hydrogens is 310 g/mol. The highest BCUT2D eigenvalue weighted by atomic mass is 15.2. The lowest BCUT2D eigenvalue weighted by Gasteiger charge is -2.27. The predicted molar refractivity (Wildman–Crippen MR) is 98.1 cm³/mol. The maximum atomic E-state index is 9.02. The third-order valence-electron chi connectivity index (χ3n) is 4.69. The second kappa shape index (κ2) is 7.06. The van der Waals surface area contributed by atoms with Crippen LogP contribution in [0.4, 0.5) is 0 Å². The van der Waals surface area contributed by atoms with Crippen LogP contribution in [0, 0.1) is 11.3 Å². The first-order chi connectivity index (χ1) is 12.3. The number of imidazole rings is 1. The highest BCUT2D eigenvalue weighted by Crippen LogP contribution is 2.26. The largest absolute Gasteiger partial charge is 0.314 e. The summed E-state index contributed by atoms with van der Waals surface area (Å²) in [6, 6.07) is 16.6. The Balaban J connectivity index is 1.82. The fourth-order valence-electron chi connectivity index (χ4n) is 3.39. The van der Waals surface area contributed by atoms with E-state index in [1.54, 1.807) is 0 Å². The third-order valence-corrected chi connectivity index (χ3v) is 4.69. The quantitative estimate of drug-likeness (QED) is 0.798. The molecule has 5 heteroatoms. The molecule has 1 fully saturated rings. The molecule has 0 saturated carbocycles. The van der Waals surface area contributed by atoms with Crippen molar-refractivity contribution in [2.45, 2.75) is 13.0 Å². The van der Waals surface area contributed by atoms with Crippen molar-refractivity contribution in [2.24, 2.45) is 0 Å². The molecule has 1 N–H and O–H groups in total. The van der Waals surface area contributed by atoms with Gasteiger partial charge in [-0.2, -0.15) is 5.26 Å². The fraction of sp³-hybridized carbons (Fsp3) is 0.300. The van der Waals surface area contributed by atoms with Crippen molar-refractivity contribution < 1.29 is 0 Å². The molecule has 1 aliphatic rings.